The van der Waals surface area contributed by atoms with Crippen LogP contribution in [0.1, 0.15) is 10.5 Å². The third-order valence-corrected chi connectivity index (χ3v) is 2.30. The van der Waals surface area contributed by atoms with Crippen LogP contribution in [0.5, 0.6) is 0 Å². The van der Waals surface area contributed by atoms with Gasteiger partial charge in [0, 0.05) is 18.3 Å². The number of aromatic nitrogens is 1. The minimum atomic E-state index is -0.701. The number of nitrogens with one attached hydrogen (secondary N) is 1. The Hall–Kier alpha value is -2.83. The van der Waals surface area contributed by atoms with Crippen molar-refractivity contribution >= 4 is 17.3 Å². The lowest BCUT2D eigenvalue weighted by Gasteiger charge is -2.05. The maximum absolute atomic E-state index is 13.1. The molecule has 0 unspecified atom stereocenters. The third kappa shape index (κ3) is 2.89. The largest absolute Gasteiger partial charge is 0.315 e. The van der Waals surface area contributed by atoms with E-state index in [-0.39, 0.29) is 17.1 Å². The van der Waals surface area contributed by atoms with Crippen molar-refractivity contribution in [3.8, 4) is 0 Å². The molecule has 7 heteroatoms. The standard InChI is InChI=1S/C12H8FN3O3/c13-8-4-5-11(16(18)19)10(7-8)15-12(17)9-3-1-2-6-14-9/h1-7H,(H,15,17). The van der Waals surface area contributed by atoms with E-state index in [9.17, 15) is 19.3 Å². The van der Waals surface area contributed by atoms with Gasteiger partial charge in [0.25, 0.3) is 11.6 Å². The molecule has 1 aromatic heterocycles. The minimum Gasteiger partial charge on any atom is -0.315 e. The summed E-state index contributed by atoms with van der Waals surface area (Å²) in [4.78, 5) is 25.6. The van der Waals surface area contributed by atoms with Crippen molar-refractivity contribution in [3.05, 3.63) is 64.2 Å². The lowest BCUT2D eigenvalue weighted by atomic mass is 10.2. The van der Waals surface area contributed by atoms with Gasteiger partial charge >= 0.3 is 0 Å². The molecule has 1 heterocycles. The van der Waals surface area contributed by atoms with Gasteiger partial charge in [-0.3, -0.25) is 19.9 Å². The van der Waals surface area contributed by atoms with Crippen molar-refractivity contribution in [3.63, 3.8) is 0 Å². The van der Waals surface area contributed by atoms with Crippen molar-refractivity contribution in [2.75, 3.05) is 5.32 Å². The molecule has 0 saturated carbocycles. The minimum absolute atomic E-state index is 0.0843. The number of carbonyl (C=O) groups is 1. The van der Waals surface area contributed by atoms with Gasteiger partial charge in [0.1, 0.15) is 17.2 Å². The Morgan fingerprint density at radius 2 is 2.11 bits per heavy atom. The van der Waals surface area contributed by atoms with Gasteiger partial charge in [-0.1, -0.05) is 6.07 Å². The van der Waals surface area contributed by atoms with Gasteiger partial charge in [-0.25, -0.2) is 4.39 Å². The Bertz CT molecular complexity index is 631. The lowest BCUT2D eigenvalue weighted by Crippen LogP contribution is -2.14. The van der Waals surface area contributed by atoms with Gasteiger partial charge in [0.2, 0.25) is 0 Å². The van der Waals surface area contributed by atoms with E-state index >= 15 is 0 Å². The Morgan fingerprint density at radius 3 is 2.74 bits per heavy atom. The number of nitrogens with zero attached hydrogens (tertiary/aromatic N) is 2. The molecule has 0 bridgehead atoms. The van der Waals surface area contributed by atoms with Crippen molar-refractivity contribution < 1.29 is 14.1 Å². The van der Waals surface area contributed by atoms with E-state index in [0.29, 0.717) is 0 Å². The summed E-state index contributed by atoms with van der Waals surface area (Å²) in [5, 5.41) is 13.0. The lowest BCUT2D eigenvalue weighted by molar-refractivity contribution is -0.384. The summed E-state index contributed by atoms with van der Waals surface area (Å²) in [5.74, 6) is -1.32. The maximum atomic E-state index is 13.1. The summed E-state index contributed by atoms with van der Waals surface area (Å²) in [6.45, 7) is 0. The van der Waals surface area contributed by atoms with E-state index in [1.54, 1.807) is 12.1 Å². The Morgan fingerprint density at radius 1 is 1.32 bits per heavy atom. The molecule has 0 aliphatic rings. The fraction of sp³-hybridized carbons (Fsp3) is 0. The molecule has 0 aliphatic carbocycles. The number of anilines is 1. The van der Waals surface area contributed by atoms with Gasteiger partial charge in [0.05, 0.1) is 4.92 Å². The third-order valence-electron chi connectivity index (χ3n) is 2.30. The summed E-state index contributed by atoms with van der Waals surface area (Å²) < 4.78 is 13.1. The average molecular weight is 261 g/mol. The second kappa shape index (κ2) is 5.21. The summed E-state index contributed by atoms with van der Waals surface area (Å²) in [6, 6.07) is 7.50. The van der Waals surface area contributed by atoms with Gasteiger partial charge in [-0.2, -0.15) is 0 Å². The van der Waals surface area contributed by atoms with Crippen LogP contribution in [0.3, 0.4) is 0 Å². The van der Waals surface area contributed by atoms with Crippen LogP contribution in [0.25, 0.3) is 0 Å². The molecule has 0 atom stereocenters. The molecular weight excluding hydrogens is 253 g/mol. The predicted molar refractivity (Wildman–Crippen MR) is 65.2 cm³/mol. The molecule has 2 aromatic rings. The van der Waals surface area contributed by atoms with E-state index in [4.69, 9.17) is 0 Å². The van der Waals surface area contributed by atoms with Crippen molar-refractivity contribution in [2.24, 2.45) is 0 Å². The number of amides is 1. The quantitative estimate of drug-likeness (QED) is 0.679. The second-order valence-corrected chi connectivity index (χ2v) is 3.59. The van der Waals surface area contributed by atoms with Crippen LogP contribution in [-0.4, -0.2) is 15.8 Å². The van der Waals surface area contributed by atoms with Crippen LogP contribution in [0.4, 0.5) is 15.8 Å². The first kappa shape index (κ1) is 12.6. The van der Waals surface area contributed by atoms with Crippen molar-refractivity contribution in [1.29, 1.82) is 0 Å². The van der Waals surface area contributed by atoms with Crippen LogP contribution in [0.15, 0.2) is 42.6 Å². The second-order valence-electron chi connectivity index (χ2n) is 3.59. The van der Waals surface area contributed by atoms with E-state index in [1.165, 1.54) is 12.3 Å². The Kier molecular flexibility index (Phi) is 3.46. The normalized spacial score (nSPS) is 9.95. The molecule has 0 saturated heterocycles. The molecule has 0 spiro atoms. The number of carbonyl (C=O) groups excluding carboxylic acids is 1. The van der Waals surface area contributed by atoms with Crippen molar-refractivity contribution in [1.82, 2.24) is 4.98 Å². The molecule has 0 aliphatic heterocycles. The van der Waals surface area contributed by atoms with E-state index < -0.39 is 16.6 Å². The van der Waals surface area contributed by atoms with Gasteiger partial charge in [-0.15, -0.1) is 0 Å². The van der Waals surface area contributed by atoms with Gasteiger partial charge in [0.15, 0.2) is 0 Å². The summed E-state index contributed by atoms with van der Waals surface area (Å²) >= 11 is 0. The summed E-state index contributed by atoms with van der Waals surface area (Å²) in [6.07, 6.45) is 1.41. The zero-order valence-corrected chi connectivity index (χ0v) is 9.54. The molecule has 1 aromatic carbocycles. The number of halogens is 1. The molecule has 96 valence electrons. The fourth-order valence-corrected chi connectivity index (χ4v) is 1.45. The smallest absolute Gasteiger partial charge is 0.292 e. The monoisotopic (exact) mass is 261 g/mol. The topological polar surface area (TPSA) is 85.1 Å². The van der Waals surface area contributed by atoms with Gasteiger partial charge in [-0.05, 0) is 18.2 Å². The highest BCUT2D eigenvalue weighted by molar-refractivity contribution is 6.04. The molecule has 2 rings (SSSR count). The first-order valence-corrected chi connectivity index (χ1v) is 5.24. The molecule has 0 fully saturated rings. The molecule has 1 amide bonds. The summed E-state index contributed by atoms with van der Waals surface area (Å²) in [5.41, 5.74) is -0.507. The molecular formula is C12H8FN3O3. The van der Waals surface area contributed by atoms with E-state index in [0.717, 1.165) is 18.2 Å². The average Bonchev–Trinajstić information content (AvgIpc) is 2.39. The highest BCUT2D eigenvalue weighted by Crippen LogP contribution is 2.25. The van der Waals surface area contributed by atoms with Crippen LogP contribution < -0.4 is 5.32 Å². The molecule has 19 heavy (non-hydrogen) atoms. The van der Waals surface area contributed by atoms with Crippen molar-refractivity contribution in [2.45, 2.75) is 0 Å². The fourth-order valence-electron chi connectivity index (χ4n) is 1.45. The zero-order chi connectivity index (χ0) is 13.8. The first-order valence-electron chi connectivity index (χ1n) is 5.24. The number of hydrogen-bond donors (Lipinski definition) is 1. The number of rotatable bonds is 3. The SMILES string of the molecule is O=C(Nc1cc(F)ccc1[N+](=O)[O-])c1ccccn1. The summed E-state index contributed by atoms with van der Waals surface area (Å²) in [7, 11) is 0. The van der Waals surface area contributed by atoms with Crippen LogP contribution in [0, 0.1) is 15.9 Å². The van der Waals surface area contributed by atoms with Crippen LogP contribution in [0.2, 0.25) is 0 Å². The van der Waals surface area contributed by atoms with Crippen LogP contribution >= 0.6 is 0 Å². The highest BCUT2D eigenvalue weighted by Gasteiger charge is 2.17. The predicted octanol–water partition coefficient (Wildman–Crippen LogP) is 2.38. The Balaban J connectivity index is 2.31. The first-order chi connectivity index (χ1) is 9.08. The number of hydrogen-bond acceptors (Lipinski definition) is 4. The maximum Gasteiger partial charge on any atom is 0.292 e. The van der Waals surface area contributed by atoms with Crippen LogP contribution in [-0.2, 0) is 0 Å². The molecule has 0 radical (unpaired) electrons. The van der Waals surface area contributed by atoms with Gasteiger partial charge < -0.3 is 5.32 Å². The molecule has 6 nitrogen and oxygen atoms in total. The number of benzene rings is 1. The number of nitro benzene ring substituents is 1. The number of pyridine rings is 1. The van der Waals surface area contributed by atoms with E-state index in [1.807, 2.05) is 0 Å². The zero-order valence-electron chi connectivity index (χ0n) is 9.54. The Labute approximate surface area is 107 Å². The van der Waals surface area contributed by atoms with E-state index in [2.05, 4.69) is 10.3 Å². The molecule has 1 N–H and O–H groups in total. The highest BCUT2D eigenvalue weighted by atomic mass is 19.1. The number of nitro groups is 1.